The number of alkyl halides is 1. The van der Waals surface area contributed by atoms with Gasteiger partial charge in [-0.25, -0.2) is 13.1 Å². The minimum absolute atomic E-state index is 0.0669. The summed E-state index contributed by atoms with van der Waals surface area (Å²) in [5.41, 5.74) is 1.07. The molecule has 0 saturated carbocycles. The third-order valence-corrected chi connectivity index (χ3v) is 4.78. The molecule has 16 heavy (non-hydrogen) atoms. The van der Waals surface area contributed by atoms with Crippen LogP contribution in [-0.4, -0.2) is 26.7 Å². The Morgan fingerprint density at radius 2 is 1.94 bits per heavy atom. The van der Waals surface area contributed by atoms with Crippen molar-refractivity contribution in [2.75, 3.05) is 18.3 Å². The fraction of sp³-hybridized carbons (Fsp3) is 0.400. The van der Waals surface area contributed by atoms with E-state index in [1.807, 2.05) is 24.3 Å². The summed E-state index contributed by atoms with van der Waals surface area (Å²) in [6.07, 6.45) is 0.663. The quantitative estimate of drug-likeness (QED) is 0.811. The van der Waals surface area contributed by atoms with E-state index >= 15 is 0 Å². The fourth-order valence-electron chi connectivity index (χ4n) is 1.18. The number of hydrogen-bond donors (Lipinski definition) is 1. The van der Waals surface area contributed by atoms with Crippen molar-refractivity contribution in [3.8, 4) is 5.75 Å². The van der Waals surface area contributed by atoms with Gasteiger partial charge in [0.05, 0.1) is 7.11 Å². The first-order valence-corrected chi connectivity index (χ1v) is 7.51. The van der Waals surface area contributed by atoms with Crippen molar-refractivity contribution in [1.29, 1.82) is 0 Å². The average Bonchev–Trinajstić information content (AvgIpc) is 2.30. The van der Waals surface area contributed by atoms with Gasteiger partial charge in [0.25, 0.3) is 0 Å². The van der Waals surface area contributed by atoms with Crippen LogP contribution in [0.3, 0.4) is 0 Å². The van der Waals surface area contributed by atoms with E-state index in [0.29, 0.717) is 13.0 Å². The van der Waals surface area contributed by atoms with Crippen LogP contribution >= 0.6 is 15.9 Å². The van der Waals surface area contributed by atoms with Crippen LogP contribution in [0.2, 0.25) is 0 Å². The topological polar surface area (TPSA) is 55.4 Å². The van der Waals surface area contributed by atoms with Gasteiger partial charge in [-0.15, -0.1) is 0 Å². The zero-order valence-corrected chi connectivity index (χ0v) is 11.3. The molecule has 0 unspecified atom stereocenters. The lowest BCUT2D eigenvalue weighted by molar-refractivity contribution is 0.414. The number of rotatable bonds is 6. The Labute approximate surface area is 104 Å². The summed E-state index contributed by atoms with van der Waals surface area (Å²) in [4.78, 5) is 0. The minimum atomic E-state index is -3.16. The normalized spacial score (nSPS) is 11.4. The number of halogens is 1. The van der Waals surface area contributed by atoms with Gasteiger partial charge in [0.1, 0.15) is 10.4 Å². The van der Waals surface area contributed by atoms with E-state index in [2.05, 4.69) is 20.7 Å². The summed E-state index contributed by atoms with van der Waals surface area (Å²) in [5, 5.41) is 0. The number of nitrogens with one attached hydrogen (secondary N) is 1. The van der Waals surface area contributed by atoms with Gasteiger partial charge in [-0.3, -0.25) is 0 Å². The Hall–Kier alpha value is -0.590. The monoisotopic (exact) mass is 307 g/mol. The van der Waals surface area contributed by atoms with Crippen LogP contribution in [-0.2, 0) is 16.4 Å². The highest BCUT2D eigenvalue weighted by atomic mass is 79.9. The van der Waals surface area contributed by atoms with Crippen molar-refractivity contribution >= 4 is 26.0 Å². The predicted octanol–water partition coefficient (Wildman–Crippen LogP) is 1.51. The molecule has 0 fully saturated rings. The summed E-state index contributed by atoms with van der Waals surface area (Å²) in [6, 6.07) is 7.55. The van der Waals surface area contributed by atoms with Crippen molar-refractivity contribution in [3.63, 3.8) is 0 Å². The Balaban J connectivity index is 2.43. The van der Waals surface area contributed by atoms with Gasteiger partial charge < -0.3 is 4.74 Å². The van der Waals surface area contributed by atoms with Crippen LogP contribution in [0.1, 0.15) is 5.56 Å². The van der Waals surface area contributed by atoms with Crippen LogP contribution < -0.4 is 9.46 Å². The molecule has 0 amide bonds. The highest BCUT2D eigenvalue weighted by Gasteiger charge is 2.05. The smallest absolute Gasteiger partial charge is 0.221 e. The molecule has 0 aliphatic heterocycles. The van der Waals surface area contributed by atoms with Gasteiger partial charge in [-0.1, -0.05) is 28.1 Å². The molecule has 0 spiro atoms. The number of methoxy groups -OCH3 is 1. The summed E-state index contributed by atoms with van der Waals surface area (Å²) in [5.74, 6) is 0.796. The third-order valence-electron chi connectivity index (χ3n) is 2.04. The van der Waals surface area contributed by atoms with E-state index in [9.17, 15) is 8.42 Å². The van der Waals surface area contributed by atoms with Crippen molar-refractivity contribution in [2.24, 2.45) is 0 Å². The molecule has 1 N–H and O–H groups in total. The second-order valence-electron chi connectivity index (χ2n) is 3.22. The third kappa shape index (κ3) is 4.51. The van der Waals surface area contributed by atoms with Crippen molar-refractivity contribution in [2.45, 2.75) is 6.42 Å². The van der Waals surface area contributed by atoms with Crippen molar-refractivity contribution in [3.05, 3.63) is 29.8 Å². The van der Waals surface area contributed by atoms with Crippen LogP contribution in [0.15, 0.2) is 24.3 Å². The second kappa shape index (κ2) is 6.22. The molecule has 1 aromatic carbocycles. The van der Waals surface area contributed by atoms with Crippen LogP contribution in [0.25, 0.3) is 0 Å². The zero-order chi connectivity index (χ0) is 12.0. The lowest BCUT2D eigenvalue weighted by Gasteiger charge is -2.05. The van der Waals surface area contributed by atoms with Gasteiger partial charge >= 0.3 is 0 Å². The predicted molar refractivity (Wildman–Crippen MR) is 67.4 cm³/mol. The molecule has 0 radical (unpaired) electrons. The Morgan fingerprint density at radius 1 is 1.31 bits per heavy atom. The van der Waals surface area contributed by atoms with Crippen molar-refractivity contribution < 1.29 is 13.2 Å². The maximum absolute atomic E-state index is 11.1. The summed E-state index contributed by atoms with van der Waals surface area (Å²) in [6.45, 7) is 0.403. The molecule has 90 valence electrons. The van der Waals surface area contributed by atoms with E-state index in [1.54, 1.807) is 7.11 Å². The molecule has 0 bridgehead atoms. The Kier molecular flexibility index (Phi) is 5.24. The summed E-state index contributed by atoms with van der Waals surface area (Å²) in [7, 11) is -1.55. The minimum Gasteiger partial charge on any atom is -0.497 e. The molecular weight excluding hydrogens is 294 g/mol. The standard InChI is InChI=1S/C10H14BrNO3S/c1-15-10-4-2-9(3-5-10)6-7-12-16(13,14)8-11/h2-5,12H,6-8H2,1H3. The number of hydrogen-bond acceptors (Lipinski definition) is 3. The molecule has 0 aliphatic rings. The maximum Gasteiger partial charge on any atom is 0.221 e. The number of ether oxygens (including phenoxy) is 1. The molecule has 0 aromatic heterocycles. The first-order valence-electron chi connectivity index (χ1n) is 4.73. The average molecular weight is 308 g/mol. The van der Waals surface area contributed by atoms with Crippen LogP contribution in [0, 0.1) is 0 Å². The Bertz CT molecular complexity index is 416. The molecular formula is C10H14BrNO3S. The zero-order valence-electron chi connectivity index (χ0n) is 8.94. The molecule has 0 atom stereocenters. The first-order chi connectivity index (χ1) is 7.57. The van der Waals surface area contributed by atoms with E-state index < -0.39 is 10.0 Å². The van der Waals surface area contributed by atoms with Gasteiger partial charge in [0.2, 0.25) is 10.0 Å². The number of benzene rings is 1. The van der Waals surface area contributed by atoms with E-state index in [4.69, 9.17) is 4.74 Å². The maximum atomic E-state index is 11.1. The molecule has 0 heterocycles. The molecule has 6 heteroatoms. The molecule has 4 nitrogen and oxygen atoms in total. The van der Waals surface area contributed by atoms with Crippen molar-refractivity contribution in [1.82, 2.24) is 4.72 Å². The largest absolute Gasteiger partial charge is 0.497 e. The van der Waals surface area contributed by atoms with Gasteiger partial charge in [-0.05, 0) is 24.1 Å². The Morgan fingerprint density at radius 3 is 2.44 bits per heavy atom. The van der Waals surface area contributed by atoms with E-state index in [0.717, 1.165) is 11.3 Å². The first kappa shape index (κ1) is 13.5. The highest BCUT2D eigenvalue weighted by molar-refractivity contribution is 9.10. The molecule has 0 aliphatic carbocycles. The van der Waals surface area contributed by atoms with Gasteiger partial charge in [-0.2, -0.15) is 0 Å². The molecule has 1 rings (SSSR count). The lowest BCUT2D eigenvalue weighted by atomic mass is 10.1. The summed E-state index contributed by atoms with van der Waals surface area (Å²) >= 11 is 2.91. The SMILES string of the molecule is COc1ccc(CCNS(=O)(=O)CBr)cc1. The fourth-order valence-corrected chi connectivity index (χ4v) is 2.16. The lowest BCUT2D eigenvalue weighted by Crippen LogP contribution is -2.26. The van der Waals surface area contributed by atoms with Gasteiger partial charge in [0.15, 0.2) is 0 Å². The molecule has 1 aromatic rings. The van der Waals surface area contributed by atoms with E-state index in [1.165, 1.54) is 0 Å². The van der Waals surface area contributed by atoms with E-state index in [-0.39, 0.29) is 4.66 Å². The van der Waals surface area contributed by atoms with Gasteiger partial charge in [0, 0.05) is 6.54 Å². The summed E-state index contributed by atoms with van der Waals surface area (Å²) < 4.78 is 29.7. The highest BCUT2D eigenvalue weighted by Crippen LogP contribution is 2.11. The molecule has 0 saturated heterocycles. The van der Waals surface area contributed by atoms with Crippen LogP contribution in [0.5, 0.6) is 5.75 Å². The van der Waals surface area contributed by atoms with Crippen LogP contribution in [0.4, 0.5) is 0 Å². The number of sulfonamides is 1. The second-order valence-corrected chi connectivity index (χ2v) is 6.33.